The Bertz CT molecular complexity index is 771. The van der Waals surface area contributed by atoms with Crippen LogP contribution in [0.15, 0.2) is 36.7 Å². The van der Waals surface area contributed by atoms with Crippen LogP contribution in [-0.4, -0.2) is 46.2 Å². The summed E-state index contributed by atoms with van der Waals surface area (Å²) in [7, 11) is 3.55. The SMILES string of the molecule is C[C@H]1Oc2ccccc2N(CC(=O)N(C)Cc2cnn(C)c2)C1=O. The zero-order valence-corrected chi connectivity index (χ0v) is 14.0. The number of anilines is 1. The van der Waals surface area contributed by atoms with E-state index in [4.69, 9.17) is 4.74 Å². The van der Waals surface area contributed by atoms with Gasteiger partial charge in [0.1, 0.15) is 12.3 Å². The van der Waals surface area contributed by atoms with Gasteiger partial charge in [0.15, 0.2) is 6.10 Å². The van der Waals surface area contributed by atoms with E-state index in [1.54, 1.807) is 41.9 Å². The number of hydrogen-bond acceptors (Lipinski definition) is 4. The molecule has 0 N–H and O–H groups in total. The van der Waals surface area contributed by atoms with E-state index in [-0.39, 0.29) is 18.4 Å². The van der Waals surface area contributed by atoms with Crippen LogP contribution in [0.4, 0.5) is 5.69 Å². The molecule has 7 heteroatoms. The number of rotatable bonds is 4. The molecule has 2 amide bonds. The number of aryl methyl sites for hydroxylation is 1. The molecule has 24 heavy (non-hydrogen) atoms. The highest BCUT2D eigenvalue weighted by molar-refractivity contribution is 6.03. The van der Waals surface area contributed by atoms with Crippen molar-refractivity contribution in [2.45, 2.75) is 19.6 Å². The molecule has 0 fully saturated rings. The Balaban J connectivity index is 1.74. The summed E-state index contributed by atoms with van der Waals surface area (Å²) in [5.41, 5.74) is 1.57. The fourth-order valence-corrected chi connectivity index (χ4v) is 2.69. The lowest BCUT2D eigenvalue weighted by Gasteiger charge is -2.33. The Morgan fingerprint density at radius 3 is 2.83 bits per heavy atom. The lowest BCUT2D eigenvalue weighted by molar-refractivity contribution is -0.132. The molecule has 1 aromatic carbocycles. The third kappa shape index (κ3) is 3.10. The fraction of sp³-hybridized carbons (Fsp3) is 0.353. The number of hydrogen-bond donors (Lipinski definition) is 0. The van der Waals surface area contributed by atoms with Gasteiger partial charge >= 0.3 is 0 Å². The summed E-state index contributed by atoms with van der Waals surface area (Å²) in [5, 5.41) is 4.09. The minimum absolute atomic E-state index is 0.0136. The highest BCUT2D eigenvalue weighted by Crippen LogP contribution is 2.33. The molecule has 1 aliphatic heterocycles. The van der Waals surface area contributed by atoms with E-state index in [0.29, 0.717) is 18.0 Å². The highest BCUT2D eigenvalue weighted by Gasteiger charge is 2.33. The number of fused-ring (bicyclic) bond motifs is 1. The van der Waals surface area contributed by atoms with E-state index in [9.17, 15) is 9.59 Å². The maximum Gasteiger partial charge on any atom is 0.268 e. The van der Waals surface area contributed by atoms with Crippen LogP contribution in [0.1, 0.15) is 12.5 Å². The van der Waals surface area contributed by atoms with Crippen LogP contribution in [0.5, 0.6) is 5.75 Å². The van der Waals surface area contributed by atoms with Gasteiger partial charge in [-0.05, 0) is 19.1 Å². The second-order valence-corrected chi connectivity index (χ2v) is 5.92. The predicted octanol–water partition coefficient (Wildman–Crippen LogP) is 1.19. The molecule has 0 unspecified atom stereocenters. The van der Waals surface area contributed by atoms with Crippen molar-refractivity contribution in [1.82, 2.24) is 14.7 Å². The molecule has 2 heterocycles. The number of para-hydroxylation sites is 2. The second kappa shape index (κ2) is 6.35. The third-order valence-corrected chi connectivity index (χ3v) is 3.97. The van der Waals surface area contributed by atoms with Crippen molar-refractivity contribution in [2.75, 3.05) is 18.5 Å². The molecule has 3 rings (SSSR count). The molecule has 126 valence electrons. The molecule has 0 radical (unpaired) electrons. The smallest absolute Gasteiger partial charge is 0.268 e. The summed E-state index contributed by atoms with van der Waals surface area (Å²) in [6.45, 7) is 2.12. The predicted molar refractivity (Wildman–Crippen MR) is 88.6 cm³/mol. The minimum atomic E-state index is -0.601. The van der Waals surface area contributed by atoms with Crippen LogP contribution in [0.2, 0.25) is 0 Å². The summed E-state index contributed by atoms with van der Waals surface area (Å²) in [6, 6.07) is 7.25. The maximum absolute atomic E-state index is 12.5. The molecule has 1 aliphatic rings. The highest BCUT2D eigenvalue weighted by atomic mass is 16.5. The molecule has 0 bridgehead atoms. The number of aromatic nitrogens is 2. The van der Waals surface area contributed by atoms with Crippen LogP contribution in [0.25, 0.3) is 0 Å². The van der Waals surface area contributed by atoms with Gasteiger partial charge in [0, 0.05) is 32.4 Å². The Hall–Kier alpha value is -2.83. The number of benzene rings is 1. The molecule has 0 saturated carbocycles. The van der Waals surface area contributed by atoms with Crippen molar-refractivity contribution in [3.8, 4) is 5.75 Å². The molecule has 1 aromatic heterocycles. The van der Waals surface area contributed by atoms with Gasteiger partial charge in [0.05, 0.1) is 11.9 Å². The van der Waals surface area contributed by atoms with Gasteiger partial charge in [-0.25, -0.2) is 0 Å². The summed E-state index contributed by atoms with van der Waals surface area (Å²) in [5.74, 6) is 0.264. The summed E-state index contributed by atoms with van der Waals surface area (Å²) in [6.07, 6.45) is 2.98. The Morgan fingerprint density at radius 1 is 1.38 bits per heavy atom. The van der Waals surface area contributed by atoms with Crippen LogP contribution in [-0.2, 0) is 23.2 Å². The molecule has 0 saturated heterocycles. The molecule has 0 spiro atoms. The lowest BCUT2D eigenvalue weighted by atomic mass is 10.2. The maximum atomic E-state index is 12.5. The van der Waals surface area contributed by atoms with E-state index in [1.807, 2.05) is 25.4 Å². The zero-order chi connectivity index (χ0) is 17.3. The standard InChI is InChI=1S/C17H20N4O3/c1-12-17(23)21(14-6-4-5-7-15(14)24-12)11-16(22)19(2)9-13-8-18-20(3)10-13/h4-8,10,12H,9,11H2,1-3H3/t12-/m1/s1. The number of likely N-dealkylation sites (N-methyl/N-ethyl adjacent to an activating group) is 1. The molecule has 7 nitrogen and oxygen atoms in total. The first-order valence-electron chi connectivity index (χ1n) is 7.74. The summed E-state index contributed by atoms with van der Waals surface area (Å²) < 4.78 is 7.28. The zero-order valence-electron chi connectivity index (χ0n) is 14.0. The van der Waals surface area contributed by atoms with E-state index in [0.717, 1.165) is 5.56 Å². The van der Waals surface area contributed by atoms with Gasteiger partial charge in [-0.3, -0.25) is 19.2 Å². The van der Waals surface area contributed by atoms with Crippen molar-refractivity contribution in [2.24, 2.45) is 7.05 Å². The van der Waals surface area contributed by atoms with Crippen molar-refractivity contribution in [3.05, 3.63) is 42.2 Å². The monoisotopic (exact) mass is 328 g/mol. The van der Waals surface area contributed by atoms with Gasteiger partial charge in [-0.2, -0.15) is 5.10 Å². The van der Waals surface area contributed by atoms with Crippen LogP contribution < -0.4 is 9.64 Å². The first-order chi connectivity index (χ1) is 11.5. The van der Waals surface area contributed by atoms with Crippen molar-refractivity contribution < 1.29 is 14.3 Å². The van der Waals surface area contributed by atoms with Crippen molar-refractivity contribution >= 4 is 17.5 Å². The largest absolute Gasteiger partial charge is 0.479 e. The average molecular weight is 328 g/mol. The van der Waals surface area contributed by atoms with Crippen LogP contribution in [0.3, 0.4) is 0 Å². The molecular weight excluding hydrogens is 308 g/mol. The Kier molecular flexibility index (Phi) is 4.24. The average Bonchev–Trinajstić information content (AvgIpc) is 2.96. The van der Waals surface area contributed by atoms with Crippen LogP contribution >= 0.6 is 0 Å². The van der Waals surface area contributed by atoms with E-state index < -0.39 is 6.10 Å². The molecule has 2 aromatic rings. The van der Waals surface area contributed by atoms with Gasteiger partial charge in [0.25, 0.3) is 5.91 Å². The number of carbonyl (C=O) groups excluding carboxylic acids is 2. The van der Waals surface area contributed by atoms with Gasteiger partial charge < -0.3 is 9.64 Å². The summed E-state index contributed by atoms with van der Waals surface area (Å²) >= 11 is 0. The van der Waals surface area contributed by atoms with Crippen molar-refractivity contribution in [1.29, 1.82) is 0 Å². The Morgan fingerprint density at radius 2 is 2.12 bits per heavy atom. The molecule has 0 aliphatic carbocycles. The molecular formula is C17H20N4O3. The fourth-order valence-electron chi connectivity index (χ4n) is 2.69. The first kappa shape index (κ1) is 16.0. The first-order valence-corrected chi connectivity index (χ1v) is 7.74. The number of nitrogens with zero attached hydrogens (tertiary/aromatic N) is 4. The third-order valence-electron chi connectivity index (χ3n) is 3.97. The van der Waals surface area contributed by atoms with Crippen LogP contribution in [0, 0.1) is 0 Å². The normalized spacial score (nSPS) is 16.5. The quantitative estimate of drug-likeness (QED) is 0.845. The number of amides is 2. The summed E-state index contributed by atoms with van der Waals surface area (Å²) in [4.78, 5) is 28.1. The van der Waals surface area contributed by atoms with Gasteiger partial charge in [0.2, 0.25) is 5.91 Å². The van der Waals surface area contributed by atoms with Gasteiger partial charge in [-0.1, -0.05) is 12.1 Å². The lowest BCUT2D eigenvalue weighted by Crippen LogP contribution is -2.48. The van der Waals surface area contributed by atoms with E-state index in [2.05, 4.69) is 5.10 Å². The van der Waals surface area contributed by atoms with Gasteiger partial charge in [-0.15, -0.1) is 0 Å². The van der Waals surface area contributed by atoms with Crippen molar-refractivity contribution in [3.63, 3.8) is 0 Å². The number of ether oxygens (including phenoxy) is 1. The Labute approximate surface area is 140 Å². The van der Waals surface area contributed by atoms with E-state index >= 15 is 0 Å². The topological polar surface area (TPSA) is 67.7 Å². The van der Waals surface area contributed by atoms with E-state index in [1.165, 1.54) is 4.90 Å². The second-order valence-electron chi connectivity index (χ2n) is 5.92. The number of carbonyl (C=O) groups is 2. The molecule has 1 atom stereocenters. The minimum Gasteiger partial charge on any atom is -0.479 e.